The SMILES string of the molecule is COC1C(O)[C@@H](CO)O[C@H]1c1c(F)cc(=O)[nH]c1C. The molecule has 7 heteroatoms. The molecule has 1 aromatic rings. The molecule has 3 N–H and O–H groups in total. The highest BCUT2D eigenvalue weighted by Gasteiger charge is 2.46. The highest BCUT2D eigenvalue weighted by molar-refractivity contribution is 5.26. The van der Waals surface area contributed by atoms with Crippen LogP contribution in [0.3, 0.4) is 0 Å². The Labute approximate surface area is 108 Å². The second-order valence-corrected chi connectivity index (χ2v) is 4.49. The van der Waals surface area contributed by atoms with Crippen molar-refractivity contribution >= 4 is 0 Å². The van der Waals surface area contributed by atoms with E-state index >= 15 is 0 Å². The van der Waals surface area contributed by atoms with Crippen molar-refractivity contribution in [2.75, 3.05) is 13.7 Å². The van der Waals surface area contributed by atoms with Gasteiger partial charge in [0.15, 0.2) is 0 Å². The first kappa shape index (κ1) is 14.1. The molecule has 1 aliphatic rings. The number of rotatable bonds is 3. The van der Waals surface area contributed by atoms with E-state index < -0.39 is 42.4 Å². The third-order valence-electron chi connectivity index (χ3n) is 3.30. The molecule has 0 saturated carbocycles. The fourth-order valence-corrected chi connectivity index (χ4v) is 2.39. The summed E-state index contributed by atoms with van der Waals surface area (Å²) in [5.74, 6) is -0.723. The molecule has 2 rings (SSSR count). The highest BCUT2D eigenvalue weighted by atomic mass is 19.1. The lowest BCUT2D eigenvalue weighted by atomic mass is 10.00. The average Bonchev–Trinajstić information content (AvgIpc) is 2.64. The maximum atomic E-state index is 13.9. The number of methoxy groups -OCH3 is 1. The van der Waals surface area contributed by atoms with E-state index in [1.54, 1.807) is 0 Å². The summed E-state index contributed by atoms with van der Waals surface area (Å²) >= 11 is 0. The summed E-state index contributed by atoms with van der Waals surface area (Å²) in [6.45, 7) is 1.14. The van der Waals surface area contributed by atoms with Gasteiger partial charge in [0.2, 0.25) is 0 Å². The molecule has 1 saturated heterocycles. The van der Waals surface area contributed by atoms with Crippen LogP contribution in [0.4, 0.5) is 4.39 Å². The number of H-pyrrole nitrogens is 1. The molecule has 1 fully saturated rings. The lowest BCUT2D eigenvalue weighted by Crippen LogP contribution is -2.34. The van der Waals surface area contributed by atoms with E-state index in [0.717, 1.165) is 6.07 Å². The van der Waals surface area contributed by atoms with Crippen LogP contribution in [-0.4, -0.2) is 47.2 Å². The summed E-state index contributed by atoms with van der Waals surface area (Å²) in [7, 11) is 1.36. The van der Waals surface area contributed by atoms with Crippen LogP contribution in [0.5, 0.6) is 0 Å². The van der Waals surface area contributed by atoms with Gasteiger partial charge in [-0.1, -0.05) is 0 Å². The molecule has 0 bridgehead atoms. The Morgan fingerprint density at radius 3 is 2.79 bits per heavy atom. The van der Waals surface area contributed by atoms with Crippen molar-refractivity contribution in [2.45, 2.75) is 31.3 Å². The van der Waals surface area contributed by atoms with Crippen LogP contribution >= 0.6 is 0 Å². The molecule has 2 heterocycles. The molecule has 0 radical (unpaired) electrons. The Morgan fingerprint density at radius 1 is 1.58 bits per heavy atom. The van der Waals surface area contributed by atoms with Gasteiger partial charge in [-0.05, 0) is 6.92 Å². The van der Waals surface area contributed by atoms with Crippen LogP contribution in [0.1, 0.15) is 17.4 Å². The number of hydrogen-bond acceptors (Lipinski definition) is 5. The van der Waals surface area contributed by atoms with E-state index in [0.29, 0.717) is 5.69 Å². The van der Waals surface area contributed by atoms with Crippen LogP contribution in [0.25, 0.3) is 0 Å². The van der Waals surface area contributed by atoms with Gasteiger partial charge in [0.1, 0.15) is 30.2 Å². The predicted octanol–water partition coefficient (Wildman–Crippen LogP) is -0.369. The van der Waals surface area contributed by atoms with Gasteiger partial charge in [0.25, 0.3) is 5.56 Å². The summed E-state index contributed by atoms with van der Waals surface area (Å²) in [6.07, 6.45) is -3.60. The van der Waals surface area contributed by atoms with Crippen LogP contribution < -0.4 is 5.56 Å². The number of hydrogen-bond donors (Lipinski definition) is 3. The fourth-order valence-electron chi connectivity index (χ4n) is 2.39. The second kappa shape index (κ2) is 5.38. The van der Waals surface area contributed by atoms with Gasteiger partial charge in [0.05, 0.1) is 6.61 Å². The van der Waals surface area contributed by atoms with Gasteiger partial charge < -0.3 is 24.7 Å². The normalized spacial score (nSPS) is 30.8. The van der Waals surface area contributed by atoms with Gasteiger partial charge in [-0.15, -0.1) is 0 Å². The third-order valence-corrected chi connectivity index (χ3v) is 3.30. The zero-order valence-electron chi connectivity index (χ0n) is 10.6. The molecule has 106 valence electrons. The van der Waals surface area contributed by atoms with Crippen molar-refractivity contribution < 1.29 is 24.1 Å². The van der Waals surface area contributed by atoms with Gasteiger partial charge in [-0.25, -0.2) is 4.39 Å². The van der Waals surface area contributed by atoms with E-state index in [-0.39, 0.29) is 5.56 Å². The largest absolute Gasteiger partial charge is 0.394 e. The van der Waals surface area contributed by atoms with Gasteiger partial charge in [-0.3, -0.25) is 4.79 Å². The fraction of sp³-hybridized carbons (Fsp3) is 0.583. The lowest BCUT2D eigenvalue weighted by molar-refractivity contribution is -0.0250. The zero-order chi connectivity index (χ0) is 14.2. The number of aliphatic hydroxyl groups is 2. The lowest BCUT2D eigenvalue weighted by Gasteiger charge is -2.20. The van der Waals surface area contributed by atoms with Crippen molar-refractivity contribution in [3.63, 3.8) is 0 Å². The molecule has 0 aliphatic carbocycles. The topological polar surface area (TPSA) is 91.8 Å². The summed E-state index contributed by atoms with van der Waals surface area (Å²) in [4.78, 5) is 13.6. The summed E-state index contributed by atoms with van der Waals surface area (Å²) < 4.78 is 24.5. The number of halogens is 1. The van der Waals surface area contributed by atoms with Gasteiger partial charge in [-0.2, -0.15) is 0 Å². The smallest absolute Gasteiger partial charge is 0.251 e. The number of ether oxygens (including phenoxy) is 2. The number of pyridine rings is 1. The van der Waals surface area contributed by atoms with Crippen molar-refractivity contribution in [1.29, 1.82) is 0 Å². The second-order valence-electron chi connectivity index (χ2n) is 4.49. The maximum Gasteiger partial charge on any atom is 0.251 e. The summed E-state index contributed by atoms with van der Waals surface area (Å²) in [6, 6.07) is 0.817. The van der Waals surface area contributed by atoms with Crippen LogP contribution in [-0.2, 0) is 9.47 Å². The molecule has 1 aliphatic heterocycles. The van der Waals surface area contributed by atoms with E-state index in [2.05, 4.69) is 4.98 Å². The maximum absolute atomic E-state index is 13.9. The number of aliphatic hydroxyl groups excluding tert-OH is 2. The molecule has 6 nitrogen and oxygen atoms in total. The Morgan fingerprint density at radius 2 is 2.26 bits per heavy atom. The average molecular weight is 273 g/mol. The van der Waals surface area contributed by atoms with Crippen LogP contribution in [0.15, 0.2) is 10.9 Å². The summed E-state index contributed by atoms with van der Waals surface area (Å²) in [5.41, 5.74) is -0.116. The van der Waals surface area contributed by atoms with E-state index in [1.165, 1.54) is 14.0 Å². The first-order valence-electron chi connectivity index (χ1n) is 5.86. The van der Waals surface area contributed by atoms with Crippen LogP contribution in [0.2, 0.25) is 0 Å². The quantitative estimate of drug-likeness (QED) is 0.699. The molecule has 2 unspecified atom stereocenters. The molecular formula is C12H16FNO5. The van der Waals surface area contributed by atoms with Crippen molar-refractivity contribution in [2.24, 2.45) is 0 Å². The van der Waals surface area contributed by atoms with Crippen molar-refractivity contribution in [1.82, 2.24) is 4.98 Å². The van der Waals surface area contributed by atoms with Crippen molar-refractivity contribution in [3.05, 3.63) is 33.5 Å². The van der Waals surface area contributed by atoms with Crippen LogP contribution in [0, 0.1) is 12.7 Å². The minimum atomic E-state index is -1.06. The monoisotopic (exact) mass is 273 g/mol. The first-order valence-corrected chi connectivity index (χ1v) is 5.86. The minimum absolute atomic E-state index is 0.126. The van der Waals surface area contributed by atoms with E-state index in [4.69, 9.17) is 14.6 Å². The molecule has 4 atom stereocenters. The molecular weight excluding hydrogens is 257 g/mol. The number of aryl methyl sites for hydroxylation is 1. The number of aromatic nitrogens is 1. The number of aromatic amines is 1. The standard InChI is InChI=1S/C12H16FNO5/c1-5-9(6(13)3-8(16)14-5)11-12(18-2)10(17)7(4-15)19-11/h3,7,10-12,15,17H,4H2,1-2H3,(H,14,16)/t7-,10?,11+,12?/m1/s1. The molecule has 0 amide bonds. The Balaban J connectivity index is 2.44. The van der Waals surface area contributed by atoms with E-state index in [9.17, 15) is 14.3 Å². The first-order chi connectivity index (χ1) is 8.99. The minimum Gasteiger partial charge on any atom is -0.394 e. The highest BCUT2D eigenvalue weighted by Crippen LogP contribution is 2.37. The zero-order valence-corrected chi connectivity index (χ0v) is 10.6. The summed E-state index contributed by atoms with van der Waals surface area (Å²) in [5, 5.41) is 19.0. The van der Waals surface area contributed by atoms with Gasteiger partial charge in [0, 0.05) is 24.4 Å². The Kier molecular flexibility index (Phi) is 4.00. The predicted molar refractivity (Wildman–Crippen MR) is 63.3 cm³/mol. The third kappa shape index (κ3) is 2.42. The molecule has 1 aromatic heterocycles. The Hall–Kier alpha value is -1.28. The van der Waals surface area contributed by atoms with Crippen molar-refractivity contribution in [3.8, 4) is 0 Å². The Bertz CT molecular complexity index is 491. The molecule has 0 aromatic carbocycles. The van der Waals surface area contributed by atoms with Gasteiger partial charge >= 0.3 is 0 Å². The molecule has 0 spiro atoms. The van der Waals surface area contributed by atoms with E-state index in [1.807, 2.05) is 0 Å². The molecule has 19 heavy (non-hydrogen) atoms. The number of nitrogens with one attached hydrogen (secondary N) is 1.